The highest BCUT2D eigenvalue weighted by Gasteiger charge is 2.49. The van der Waals surface area contributed by atoms with Crippen molar-refractivity contribution in [3.05, 3.63) is 0 Å². The minimum Gasteiger partial charge on any atom is -0.481 e. The fourth-order valence-corrected chi connectivity index (χ4v) is 2.13. The highest BCUT2D eigenvalue weighted by molar-refractivity contribution is 5.71. The maximum absolute atomic E-state index is 10.5. The molecule has 0 aromatic heterocycles. The Morgan fingerprint density at radius 3 is 2.73 bits per heavy atom. The summed E-state index contributed by atoms with van der Waals surface area (Å²) in [4.78, 5) is 10.5. The number of carboxylic acid groups (broad SMARTS) is 1. The molecule has 1 saturated heterocycles. The molecule has 0 amide bonds. The van der Waals surface area contributed by atoms with Crippen molar-refractivity contribution in [1.82, 2.24) is 0 Å². The first-order valence-electron chi connectivity index (χ1n) is 4.02. The lowest BCUT2D eigenvalue weighted by Gasteiger charge is -2.41. The van der Waals surface area contributed by atoms with Crippen molar-refractivity contribution in [3.8, 4) is 0 Å². The van der Waals surface area contributed by atoms with Crippen molar-refractivity contribution in [3.63, 3.8) is 0 Å². The third-order valence-electron chi connectivity index (χ3n) is 2.89. The molecule has 1 aliphatic heterocycles. The van der Waals surface area contributed by atoms with Crippen LogP contribution in [0.5, 0.6) is 0 Å². The van der Waals surface area contributed by atoms with E-state index in [0.29, 0.717) is 0 Å². The van der Waals surface area contributed by atoms with E-state index >= 15 is 0 Å². The van der Waals surface area contributed by atoms with Gasteiger partial charge in [0, 0.05) is 6.61 Å². The van der Waals surface area contributed by atoms with Gasteiger partial charge in [-0.15, -0.1) is 0 Å². The van der Waals surface area contributed by atoms with Gasteiger partial charge in [-0.05, 0) is 24.7 Å². The number of rotatable bonds is 1. The maximum Gasteiger partial charge on any atom is 0.306 e. The number of aliphatic carboxylic acids is 1. The fraction of sp³-hybridized carbons (Fsp3) is 0.875. The molecule has 1 N–H and O–H groups in total. The Kier molecular flexibility index (Phi) is 1.42. The maximum atomic E-state index is 10.5. The average Bonchev–Trinajstić information content (AvgIpc) is 2.29. The van der Waals surface area contributed by atoms with Crippen molar-refractivity contribution in [1.29, 1.82) is 0 Å². The Labute approximate surface area is 65.4 Å². The van der Waals surface area contributed by atoms with Gasteiger partial charge in [-0.1, -0.05) is 0 Å². The first-order valence-corrected chi connectivity index (χ1v) is 4.02. The molecule has 0 radical (unpaired) electrons. The third kappa shape index (κ3) is 1.03. The van der Waals surface area contributed by atoms with Gasteiger partial charge in [0.1, 0.15) is 0 Å². The second-order valence-corrected chi connectivity index (χ2v) is 3.75. The largest absolute Gasteiger partial charge is 0.481 e. The summed E-state index contributed by atoms with van der Waals surface area (Å²) >= 11 is 0. The molecule has 0 aromatic carbocycles. The van der Waals surface area contributed by atoms with E-state index in [1.807, 2.05) is 0 Å². The zero-order valence-electron chi connectivity index (χ0n) is 6.38. The summed E-state index contributed by atoms with van der Waals surface area (Å²) in [5.41, 5.74) is 0.267. The molecule has 1 heterocycles. The van der Waals surface area contributed by atoms with Gasteiger partial charge < -0.3 is 9.84 Å². The van der Waals surface area contributed by atoms with E-state index < -0.39 is 5.97 Å². The quantitative estimate of drug-likeness (QED) is 0.613. The molecule has 0 unspecified atom stereocenters. The monoisotopic (exact) mass is 156 g/mol. The zero-order valence-corrected chi connectivity index (χ0v) is 6.38. The summed E-state index contributed by atoms with van der Waals surface area (Å²) in [6.07, 6.45) is 2.74. The van der Waals surface area contributed by atoms with Gasteiger partial charge in [0.25, 0.3) is 0 Å². The molecule has 1 aliphatic carbocycles. The predicted octanol–water partition coefficient (Wildman–Crippen LogP) is 0.888. The van der Waals surface area contributed by atoms with Crippen molar-refractivity contribution in [2.75, 3.05) is 13.2 Å². The summed E-state index contributed by atoms with van der Waals surface area (Å²) < 4.78 is 5.24. The predicted molar refractivity (Wildman–Crippen MR) is 38.2 cm³/mol. The standard InChI is InChI=1S/C8H12O3/c9-7(10)6-3-8(4-6)1-2-11-5-8/h6H,1-5H2,(H,9,10). The minimum atomic E-state index is -0.637. The van der Waals surface area contributed by atoms with Crippen LogP contribution in [0.4, 0.5) is 0 Å². The van der Waals surface area contributed by atoms with Gasteiger partial charge in [0.05, 0.1) is 12.5 Å². The minimum absolute atomic E-state index is 0.0864. The number of carboxylic acids is 1. The van der Waals surface area contributed by atoms with Crippen molar-refractivity contribution < 1.29 is 14.6 Å². The summed E-state index contributed by atoms with van der Waals surface area (Å²) in [5.74, 6) is -0.723. The van der Waals surface area contributed by atoms with E-state index in [2.05, 4.69) is 0 Å². The van der Waals surface area contributed by atoms with Crippen LogP contribution in [0.2, 0.25) is 0 Å². The van der Waals surface area contributed by atoms with Crippen LogP contribution >= 0.6 is 0 Å². The van der Waals surface area contributed by atoms with Gasteiger partial charge in [-0.25, -0.2) is 0 Å². The summed E-state index contributed by atoms with van der Waals surface area (Å²) in [6, 6.07) is 0. The third-order valence-corrected chi connectivity index (χ3v) is 2.89. The van der Waals surface area contributed by atoms with Gasteiger partial charge in [-0.2, -0.15) is 0 Å². The highest BCUT2D eigenvalue weighted by atomic mass is 16.5. The first kappa shape index (κ1) is 7.10. The van der Waals surface area contributed by atoms with Crippen LogP contribution in [-0.2, 0) is 9.53 Å². The number of hydrogen-bond donors (Lipinski definition) is 1. The molecule has 0 aromatic rings. The number of ether oxygens (including phenoxy) is 1. The second-order valence-electron chi connectivity index (χ2n) is 3.75. The van der Waals surface area contributed by atoms with Crippen LogP contribution < -0.4 is 0 Å². The van der Waals surface area contributed by atoms with Gasteiger partial charge >= 0.3 is 5.97 Å². The zero-order chi connectivity index (χ0) is 7.90. The van der Waals surface area contributed by atoms with Crippen molar-refractivity contribution in [2.24, 2.45) is 11.3 Å². The van der Waals surface area contributed by atoms with Crippen molar-refractivity contribution in [2.45, 2.75) is 19.3 Å². The van der Waals surface area contributed by atoms with Crippen LogP contribution in [0.3, 0.4) is 0 Å². The van der Waals surface area contributed by atoms with E-state index in [-0.39, 0.29) is 11.3 Å². The smallest absolute Gasteiger partial charge is 0.306 e. The molecule has 62 valence electrons. The van der Waals surface area contributed by atoms with E-state index in [4.69, 9.17) is 9.84 Å². The van der Waals surface area contributed by atoms with Crippen LogP contribution in [0.1, 0.15) is 19.3 Å². The molecule has 1 spiro atoms. The second kappa shape index (κ2) is 2.21. The van der Waals surface area contributed by atoms with Crippen LogP contribution in [0, 0.1) is 11.3 Å². The van der Waals surface area contributed by atoms with Crippen LogP contribution in [0.15, 0.2) is 0 Å². The molecule has 2 fully saturated rings. The van der Waals surface area contributed by atoms with E-state index in [1.54, 1.807) is 0 Å². The van der Waals surface area contributed by atoms with Gasteiger partial charge in [-0.3, -0.25) is 4.79 Å². The fourth-order valence-electron chi connectivity index (χ4n) is 2.13. The summed E-state index contributed by atoms with van der Waals surface area (Å²) in [5, 5.41) is 8.64. The van der Waals surface area contributed by atoms with E-state index in [9.17, 15) is 4.79 Å². The Hall–Kier alpha value is -0.570. The Morgan fingerprint density at radius 2 is 2.27 bits per heavy atom. The lowest BCUT2D eigenvalue weighted by atomic mass is 9.62. The molecular formula is C8H12O3. The van der Waals surface area contributed by atoms with E-state index in [0.717, 1.165) is 32.5 Å². The molecule has 3 nitrogen and oxygen atoms in total. The topological polar surface area (TPSA) is 46.5 Å². The van der Waals surface area contributed by atoms with Gasteiger partial charge in [0.2, 0.25) is 0 Å². The first-order chi connectivity index (χ1) is 5.22. The molecule has 0 atom stereocenters. The van der Waals surface area contributed by atoms with Crippen molar-refractivity contribution >= 4 is 5.97 Å². The molecule has 1 saturated carbocycles. The Morgan fingerprint density at radius 1 is 1.55 bits per heavy atom. The number of hydrogen-bond acceptors (Lipinski definition) is 2. The highest BCUT2D eigenvalue weighted by Crippen LogP contribution is 2.50. The Balaban J connectivity index is 1.91. The Bertz CT molecular complexity index is 174. The summed E-state index contributed by atoms with van der Waals surface area (Å²) in [6.45, 7) is 1.61. The molecule has 0 bridgehead atoms. The summed E-state index contributed by atoms with van der Waals surface area (Å²) in [7, 11) is 0. The lowest BCUT2D eigenvalue weighted by molar-refractivity contribution is -0.150. The molecule has 3 heteroatoms. The molecule has 11 heavy (non-hydrogen) atoms. The molecular weight excluding hydrogens is 144 g/mol. The average molecular weight is 156 g/mol. The lowest BCUT2D eigenvalue weighted by Crippen LogP contribution is -2.41. The van der Waals surface area contributed by atoms with Crippen LogP contribution in [0.25, 0.3) is 0 Å². The normalized spacial score (nSPS) is 42.4. The van der Waals surface area contributed by atoms with Crippen LogP contribution in [-0.4, -0.2) is 24.3 Å². The van der Waals surface area contributed by atoms with Gasteiger partial charge in [0.15, 0.2) is 0 Å². The SMILES string of the molecule is O=C(O)C1CC2(CCOC2)C1. The molecule has 2 aliphatic rings. The molecule has 2 rings (SSSR count). The van der Waals surface area contributed by atoms with E-state index in [1.165, 1.54) is 0 Å². The number of carbonyl (C=O) groups is 1.